The molecule has 0 unspecified atom stereocenters. The smallest absolute Gasteiger partial charge is 0.119 e. The van der Waals surface area contributed by atoms with Crippen molar-refractivity contribution in [1.29, 1.82) is 0 Å². The minimum atomic E-state index is 0.0616. The summed E-state index contributed by atoms with van der Waals surface area (Å²) in [7, 11) is 0. The van der Waals surface area contributed by atoms with Crippen molar-refractivity contribution in [3.8, 4) is 0 Å². The van der Waals surface area contributed by atoms with Crippen LogP contribution in [0.25, 0.3) is 0 Å². The Morgan fingerprint density at radius 3 is 2.20 bits per heavy atom. The molecule has 2 nitrogen and oxygen atoms in total. The maximum atomic E-state index is 6.19. The van der Waals surface area contributed by atoms with E-state index in [4.69, 9.17) is 4.74 Å². The number of nitrogens with one attached hydrogen (secondary N) is 1. The highest BCUT2D eigenvalue weighted by atomic mass is 16.5. The second kappa shape index (κ2) is 4.42. The van der Waals surface area contributed by atoms with Crippen molar-refractivity contribution in [1.82, 2.24) is 5.32 Å². The lowest BCUT2D eigenvalue weighted by Gasteiger charge is -2.48. The Labute approximate surface area is 93.8 Å². The Balaban J connectivity index is 1.95. The van der Waals surface area contributed by atoms with Gasteiger partial charge in [-0.05, 0) is 38.5 Å². The average molecular weight is 211 g/mol. The van der Waals surface area contributed by atoms with Gasteiger partial charge in [-0.1, -0.05) is 20.3 Å². The minimum Gasteiger partial charge on any atom is -0.360 e. The summed E-state index contributed by atoms with van der Waals surface area (Å²) in [4.78, 5) is 0. The lowest BCUT2D eigenvalue weighted by atomic mass is 9.79. The number of hydrogen-bond acceptors (Lipinski definition) is 2. The van der Waals surface area contributed by atoms with E-state index in [1.165, 1.54) is 44.9 Å². The second-order valence-electron chi connectivity index (χ2n) is 5.40. The molecule has 1 N–H and O–H groups in total. The van der Waals surface area contributed by atoms with Crippen LogP contribution >= 0.6 is 0 Å². The molecule has 0 amide bonds. The molecule has 1 spiro atoms. The Hall–Kier alpha value is -0.0800. The monoisotopic (exact) mass is 211 g/mol. The van der Waals surface area contributed by atoms with Crippen LogP contribution in [0.15, 0.2) is 0 Å². The van der Waals surface area contributed by atoms with Gasteiger partial charge >= 0.3 is 0 Å². The normalized spacial score (nSPS) is 29.2. The third-order valence-corrected chi connectivity index (χ3v) is 4.60. The SMILES string of the molecule is CCC1(CC)CNC2(CCCCC2)OC1. The van der Waals surface area contributed by atoms with Gasteiger partial charge in [-0.2, -0.15) is 0 Å². The van der Waals surface area contributed by atoms with Crippen LogP contribution in [0.2, 0.25) is 0 Å². The summed E-state index contributed by atoms with van der Waals surface area (Å²) in [6, 6.07) is 0. The van der Waals surface area contributed by atoms with Crippen LogP contribution in [0.4, 0.5) is 0 Å². The number of ether oxygens (including phenoxy) is 1. The molecule has 1 heterocycles. The highest BCUT2D eigenvalue weighted by Gasteiger charge is 2.41. The molecular weight excluding hydrogens is 186 g/mol. The standard InChI is InChI=1S/C13H25NO/c1-3-12(4-2)10-14-13(15-11-12)8-6-5-7-9-13/h14H,3-11H2,1-2H3. The van der Waals surface area contributed by atoms with E-state index in [2.05, 4.69) is 19.2 Å². The molecule has 15 heavy (non-hydrogen) atoms. The highest BCUT2D eigenvalue weighted by molar-refractivity contribution is 4.92. The van der Waals surface area contributed by atoms with Crippen molar-refractivity contribution in [3.05, 3.63) is 0 Å². The zero-order chi connectivity index (χ0) is 10.8. The van der Waals surface area contributed by atoms with Crippen molar-refractivity contribution in [3.63, 3.8) is 0 Å². The molecule has 2 heteroatoms. The molecule has 0 aromatic heterocycles. The number of rotatable bonds is 2. The average Bonchev–Trinajstić information content (AvgIpc) is 2.32. The predicted molar refractivity (Wildman–Crippen MR) is 62.8 cm³/mol. The van der Waals surface area contributed by atoms with Crippen molar-refractivity contribution < 1.29 is 4.74 Å². The highest BCUT2D eigenvalue weighted by Crippen LogP contribution is 2.38. The van der Waals surface area contributed by atoms with Gasteiger partial charge in [-0.15, -0.1) is 0 Å². The molecule has 1 aliphatic heterocycles. The molecule has 1 saturated heterocycles. The first-order chi connectivity index (χ1) is 7.24. The fourth-order valence-corrected chi connectivity index (χ4v) is 2.89. The first-order valence-electron chi connectivity index (χ1n) is 6.63. The lowest BCUT2D eigenvalue weighted by molar-refractivity contribution is -0.162. The summed E-state index contributed by atoms with van der Waals surface area (Å²) in [5.41, 5.74) is 0.467. The molecule has 1 aliphatic carbocycles. The summed E-state index contributed by atoms with van der Waals surface area (Å²) in [5.74, 6) is 0. The van der Waals surface area contributed by atoms with E-state index in [-0.39, 0.29) is 5.72 Å². The topological polar surface area (TPSA) is 21.3 Å². The van der Waals surface area contributed by atoms with E-state index in [1.54, 1.807) is 0 Å². The third-order valence-electron chi connectivity index (χ3n) is 4.60. The Morgan fingerprint density at radius 1 is 1.07 bits per heavy atom. The van der Waals surface area contributed by atoms with Gasteiger partial charge in [0.25, 0.3) is 0 Å². The Bertz CT molecular complexity index is 193. The van der Waals surface area contributed by atoms with E-state index >= 15 is 0 Å². The van der Waals surface area contributed by atoms with Gasteiger partial charge in [0.05, 0.1) is 6.61 Å². The molecule has 0 bridgehead atoms. The maximum Gasteiger partial charge on any atom is 0.119 e. The fourth-order valence-electron chi connectivity index (χ4n) is 2.89. The van der Waals surface area contributed by atoms with Crippen molar-refractivity contribution >= 4 is 0 Å². The first-order valence-corrected chi connectivity index (χ1v) is 6.63. The van der Waals surface area contributed by atoms with E-state index in [1.807, 2.05) is 0 Å². The van der Waals surface area contributed by atoms with Gasteiger partial charge in [0.1, 0.15) is 5.72 Å². The maximum absolute atomic E-state index is 6.19. The van der Waals surface area contributed by atoms with Crippen LogP contribution in [-0.2, 0) is 4.74 Å². The molecule has 2 rings (SSSR count). The molecule has 0 atom stereocenters. The third kappa shape index (κ3) is 2.21. The van der Waals surface area contributed by atoms with Gasteiger partial charge < -0.3 is 4.74 Å². The van der Waals surface area contributed by atoms with Crippen molar-refractivity contribution in [2.45, 2.75) is 64.5 Å². The zero-order valence-corrected chi connectivity index (χ0v) is 10.3. The molecule has 88 valence electrons. The van der Waals surface area contributed by atoms with Gasteiger partial charge in [0.2, 0.25) is 0 Å². The van der Waals surface area contributed by atoms with Crippen LogP contribution in [0.1, 0.15) is 58.8 Å². The van der Waals surface area contributed by atoms with Gasteiger partial charge in [0, 0.05) is 12.0 Å². The summed E-state index contributed by atoms with van der Waals surface area (Å²) in [6.45, 7) is 6.69. The van der Waals surface area contributed by atoms with Crippen LogP contribution in [-0.4, -0.2) is 18.9 Å². The molecule has 2 aliphatic rings. The van der Waals surface area contributed by atoms with E-state index < -0.39 is 0 Å². The first kappa shape index (κ1) is 11.4. The van der Waals surface area contributed by atoms with Crippen LogP contribution in [0.3, 0.4) is 0 Å². The quantitative estimate of drug-likeness (QED) is 0.758. The van der Waals surface area contributed by atoms with Crippen LogP contribution in [0, 0.1) is 5.41 Å². The predicted octanol–water partition coefficient (Wildman–Crippen LogP) is 3.07. The second-order valence-corrected chi connectivity index (χ2v) is 5.40. The minimum absolute atomic E-state index is 0.0616. The lowest BCUT2D eigenvalue weighted by Crippen LogP contribution is -2.59. The largest absolute Gasteiger partial charge is 0.360 e. The van der Waals surface area contributed by atoms with Crippen molar-refractivity contribution in [2.24, 2.45) is 5.41 Å². The zero-order valence-electron chi connectivity index (χ0n) is 10.3. The molecule has 0 aromatic rings. The summed E-state index contributed by atoms with van der Waals surface area (Å²) in [5, 5.41) is 3.70. The van der Waals surface area contributed by atoms with Crippen LogP contribution in [0.5, 0.6) is 0 Å². The molecule has 0 radical (unpaired) electrons. The fraction of sp³-hybridized carbons (Fsp3) is 1.00. The van der Waals surface area contributed by atoms with Crippen molar-refractivity contribution in [2.75, 3.05) is 13.2 Å². The molecular formula is C13H25NO. The van der Waals surface area contributed by atoms with Gasteiger partial charge in [-0.25, -0.2) is 0 Å². The van der Waals surface area contributed by atoms with Gasteiger partial charge in [0.15, 0.2) is 0 Å². The molecule has 2 fully saturated rings. The number of hydrogen-bond donors (Lipinski definition) is 1. The van der Waals surface area contributed by atoms with Gasteiger partial charge in [-0.3, -0.25) is 5.32 Å². The Morgan fingerprint density at radius 2 is 1.73 bits per heavy atom. The Kier molecular flexibility index (Phi) is 3.36. The van der Waals surface area contributed by atoms with Crippen LogP contribution < -0.4 is 5.32 Å². The molecule has 0 aromatic carbocycles. The van der Waals surface area contributed by atoms with E-state index in [0.29, 0.717) is 5.41 Å². The van der Waals surface area contributed by atoms with E-state index in [0.717, 1.165) is 13.2 Å². The summed E-state index contributed by atoms with van der Waals surface area (Å²) < 4.78 is 6.19. The molecule has 1 saturated carbocycles. The van der Waals surface area contributed by atoms with E-state index in [9.17, 15) is 0 Å². The summed E-state index contributed by atoms with van der Waals surface area (Å²) in [6.07, 6.45) is 8.95. The summed E-state index contributed by atoms with van der Waals surface area (Å²) >= 11 is 0.